The van der Waals surface area contributed by atoms with Gasteiger partial charge < -0.3 is 15.2 Å². The van der Waals surface area contributed by atoms with E-state index in [2.05, 4.69) is 17.4 Å². The zero-order valence-corrected chi connectivity index (χ0v) is 17.6. The molecule has 31 heavy (non-hydrogen) atoms. The van der Waals surface area contributed by atoms with Gasteiger partial charge in [0.05, 0.1) is 11.1 Å². The molecule has 0 heterocycles. The Bertz CT molecular complexity index is 1170. The van der Waals surface area contributed by atoms with Gasteiger partial charge >= 0.3 is 0 Å². The number of hydrogen-bond acceptors (Lipinski definition) is 3. The van der Waals surface area contributed by atoms with E-state index < -0.39 is 6.10 Å². The molecule has 158 valence electrons. The van der Waals surface area contributed by atoms with Crippen molar-refractivity contribution in [3.63, 3.8) is 0 Å². The molecule has 0 aliphatic carbocycles. The number of benzene rings is 4. The Balaban J connectivity index is 1.52. The molecule has 0 radical (unpaired) electrons. The summed E-state index contributed by atoms with van der Waals surface area (Å²) in [5, 5.41) is 16.3. The third-order valence-electron chi connectivity index (χ3n) is 5.22. The molecule has 0 amide bonds. The smallest absolute Gasteiger partial charge is 0.124 e. The van der Waals surface area contributed by atoms with Crippen molar-refractivity contribution in [1.29, 1.82) is 0 Å². The summed E-state index contributed by atoms with van der Waals surface area (Å²) in [5.41, 5.74) is 2.58. The third-order valence-corrected chi connectivity index (χ3v) is 5.57. The Hall–Kier alpha value is -2.92. The minimum Gasteiger partial charge on any atom is -0.488 e. The molecular weight excluding hydrogens is 413 g/mol. The predicted octanol–water partition coefficient (Wildman–Crippen LogP) is 6.03. The van der Waals surface area contributed by atoms with Crippen LogP contribution in [0.1, 0.15) is 22.8 Å². The molecule has 0 fully saturated rings. The first-order chi connectivity index (χ1) is 15.1. The highest BCUT2D eigenvalue weighted by Gasteiger charge is 2.12. The standard InChI is InChI=1S/C26H23ClFNO2/c27-24-14-21(28)12-10-20(24)17-31-26-13-11-18-6-4-5-9-22(18)23(26)15-29-16-25(30)19-7-2-1-3-8-19/h1-14,25,29-30H,15-17H2. The van der Waals surface area contributed by atoms with Crippen LogP contribution >= 0.6 is 11.6 Å². The minimum absolute atomic E-state index is 0.233. The predicted molar refractivity (Wildman–Crippen MR) is 123 cm³/mol. The number of aliphatic hydroxyl groups excluding tert-OH is 1. The van der Waals surface area contributed by atoms with Crippen LogP contribution in [-0.4, -0.2) is 11.7 Å². The van der Waals surface area contributed by atoms with Gasteiger partial charge in [0.25, 0.3) is 0 Å². The Kier molecular flexibility index (Phi) is 6.82. The third kappa shape index (κ3) is 5.23. The fourth-order valence-electron chi connectivity index (χ4n) is 3.55. The molecule has 3 nitrogen and oxygen atoms in total. The van der Waals surface area contributed by atoms with Crippen LogP contribution in [0.5, 0.6) is 5.75 Å². The van der Waals surface area contributed by atoms with Crippen LogP contribution in [0.15, 0.2) is 84.9 Å². The first-order valence-electron chi connectivity index (χ1n) is 10.1. The van der Waals surface area contributed by atoms with E-state index in [1.54, 1.807) is 6.07 Å². The molecule has 1 atom stereocenters. The SMILES string of the molecule is OC(CNCc1c(OCc2ccc(F)cc2Cl)ccc2ccccc12)c1ccccc1. The lowest BCUT2D eigenvalue weighted by Crippen LogP contribution is -2.21. The van der Waals surface area contributed by atoms with Gasteiger partial charge in [-0.05, 0) is 34.5 Å². The number of halogens is 2. The summed E-state index contributed by atoms with van der Waals surface area (Å²) in [7, 11) is 0. The van der Waals surface area contributed by atoms with E-state index in [-0.39, 0.29) is 12.4 Å². The van der Waals surface area contributed by atoms with E-state index >= 15 is 0 Å². The van der Waals surface area contributed by atoms with Crippen LogP contribution in [0.2, 0.25) is 5.02 Å². The summed E-state index contributed by atoms with van der Waals surface area (Å²) in [6.07, 6.45) is -0.599. The summed E-state index contributed by atoms with van der Waals surface area (Å²) in [6, 6.07) is 25.9. The number of aliphatic hydroxyl groups is 1. The second-order valence-corrected chi connectivity index (χ2v) is 7.75. The first kappa shape index (κ1) is 21.3. The second kappa shape index (κ2) is 9.92. The summed E-state index contributed by atoms with van der Waals surface area (Å²) in [6.45, 7) is 1.17. The second-order valence-electron chi connectivity index (χ2n) is 7.35. The van der Waals surface area contributed by atoms with Gasteiger partial charge in [0.2, 0.25) is 0 Å². The maximum absolute atomic E-state index is 13.3. The topological polar surface area (TPSA) is 41.5 Å². The van der Waals surface area contributed by atoms with Crippen molar-refractivity contribution >= 4 is 22.4 Å². The molecule has 4 rings (SSSR count). The van der Waals surface area contributed by atoms with E-state index in [4.69, 9.17) is 16.3 Å². The van der Waals surface area contributed by atoms with E-state index in [1.807, 2.05) is 54.6 Å². The molecule has 5 heteroatoms. The van der Waals surface area contributed by atoms with Gasteiger partial charge in [0.15, 0.2) is 0 Å². The number of fused-ring (bicyclic) bond motifs is 1. The van der Waals surface area contributed by atoms with Crippen LogP contribution in [0, 0.1) is 5.82 Å². The van der Waals surface area contributed by atoms with Crippen molar-refractivity contribution in [2.45, 2.75) is 19.3 Å². The molecular formula is C26H23ClFNO2. The molecule has 1 unspecified atom stereocenters. The zero-order chi connectivity index (χ0) is 21.6. The molecule has 2 N–H and O–H groups in total. The van der Waals surface area contributed by atoms with Crippen LogP contribution in [0.4, 0.5) is 4.39 Å². The van der Waals surface area contributed by atoms with Crippen LogP contribution < -0.4 is 10.1 Å². The Morgan fingerprint density at radius 2 is 1.71 bits per heavy atom. The summed E-state index contributed by atoms with van der Waals surface area (Å²) < 4.78 is 19.4. The van der Waals surface area contributed by atoms with Crippen molar-refractivity contribution in [3.05, 3.63) is 112 Å². The lowest BCUT2D eigenvalue weighted by atomic mass is 10.0. The van der Waals surface area contributed by atoms with Gasteiger partial charge in [-0.25, -0.2) is 4.39 Å². The maximum atomic E-state index is 13.3. The lowest BCUT2D eigenvalue weighted by molar-refractivity contribution is 0.174. The summed E-state index contributed by atoms with van der Waals surface area (Å²) in [4.78, 5) is 0. The largest absolute Gasteiger partial charge is 0.488 e. The monoisotopic (exact) mass is 435 g/mol. The molecule has 0 saturated carbocycles. The van der Waals surface area contributed by atoms with Crippen molar-refractivity contribution in [3.8, 4) is 5.75 Å². The van der Waals surface area contributed by atoms with E-state index in [0.29, 0.717) is 18.1 Å². The average Bonchev–Trinajstić information content (AvgIpc) is 2.79. The molecule has 4 aromatic carbocycles. The van der Waals surface area contributed by atoms with Crippen molar-refractivity contribution in [1.82, 2.24) is 5.32 Å². The fourth-order valence-corrected chi connectivity index (χ4v) is 3.78. The molecule has 4 aromatic rings. The summed E-state index contributed by atoms with van der Waals surface area (Å²) >= 11 is 6.15. The van der Waals surface area contributed by atoms with Crippen molar-refractivity contribution in [2.24, 2.45) is 0 Å². The van der Waals surface area contributed by atoms with Crippen molar-refractivity contribution < 1.29 is 14.2 Å². The summed E-state index contributed by atoms with van der Waals surface area (Å²) in [5.74, 6) is 0.349. The number of hydrogen-bond donors (Lipinski definition) is 2. The van der Waals surface area contributed by atoms with Crippen LogP contribution in [-0.2, 0) is 13.2 Å². The van der Waals surface area contributed by atoms with Gasteiger partial charge in [-0.1, -0.05) is 78.3 Å². The fraction of sp³-hybridized carbons (Fsp3) is 0.154. The number of nitrogens with one attached hydrogen (secondary N) is 1. The number of rotatable bonds is 8. The van der Waals surface area contributed by atoms with E-state index in [1.165, 1.54) is 12.1 Å². The molecule has 0 aliphatic rings. The lowest BCUT2D eigenvalue weighted by Gasteiger charge is -2.17. The number of ether oxygens (including phenoxy) is 1. The van der Waals surface area contributed by atoms with Crippen LogP contribution in [0.3, 0.4) is 0 Å². The highest BCUT2D eigenvalue weighted by atomic mass is 35.5. The van der Waals surface area contributed by atoms with E-state index in [0.717, 1.165) is 33.2 Å². The normalized spacial score (nSPS) is 12.1. The zero-order valence-electron chi connectivity index (χ0n) is 16.9. The maximum Gasteiger partial charge on any atom is 0.124 e. The highest BCUT2D eigenvalue weighted by molar-refractivity contribution is 6.31. The average molecular weight is 436 g/mol. The molecule has 0 spiro atoms. The van der Waals surface area contributed by atoms with Gasteiger partial charge in [0.1, 0.15) is 18.2 Å². The minimum atomic E-state index is -0.599. The quantitative estimate of drug-likeness (QED) is 0.355. The van der Waals surface area contributed by atoms with Gasteiger partial charge in [-0.3, -0.25) is 0 Å². The Morgan fingerprint density at radius 1 is 0.935 bits per heavy atom. The Morgan fingerprint density at radius 3 is 2.52 bits per heavy atom. The van der Waals surface area contributed by atoms with Crippen LogP contribution in [0.25, 0.3) is 10.8 Å². The molecule has 0 aromatic heterocycles. The van der Waals surface area contributed by atoms with Gasteiger partial charge in [0, 0.05) is 24.2 Å². The molecule has 0 aliphatic heterocycles. The van der Waals surface area contributed by atoms with E-state index in [9.17, 15) is 9.50 Å². The van der Waals surface area contributed by atoms with Crippen molar-refractivity contribution in [2.75, 3.05) is 6.54 Å². The van der Waals surface area contributed by atoms with Gasteiger partial charge in [-0.15, -0.1) is 0 Å². The van der Waals surface area contributed by atoms with Gasteiger partial charge in [-0.2, -0.15) is 0 Å². The molecule has 0 saturated heterocycles. The highest BCUT2D eigenvalue weighted by Crippen LogP contribution is 2.30. The molecule has 0 bridgehead atoms. The Labute approximate surface area is 186 Å². The first-order valence-corrected chi connectivity index (χ1v) is 10.5.